The Balaban J connectivity index is 1.73. The molecule has 0 aliphatic rings. The number of aryl methyl sites for hydroxylation is 2. The van der Waals surface area contributed by atoms with Gasteiger partial charge in [-0.15, -0.1) is 0 Å². The van der Waals surface area contributed by atoms with E-state index in [0.29, 0.717) is 33.7 Å². The van der Waals surface area contributed by atoms with Gasteiger partial charge in [-0.3, -0.25) is 9.59 Å². The molecule has 5 N–H and O–H groups in total. The van der Waals surface area contributed by atoms with Gasteiger partial charge in [0.05, 0.1) is 29.3 Å². The van der Waals surface area contributed by atoms with E-state index in [-0.39, 0.29) is 23.3 Å². The number of fused-ring (bicyclic) bond motifs is 1. The summed E-state index contributed by atoms with van der Waals surface area (Å²) in [7, 11) is 3.36. The minimum atomic E-state index is -0.636. The number of nitrogens with zero attached hydrogens (tertiary/aromatic N) is 4. The first-order valence-corrected chi connectivity index (χ1v) is 12.5. The van der Waals surface area contributed by atoms with E-state index in [4.69, 9.17) is 20.9 Å². The molecule has 0 saturated carbocycles. The van der Waals surface area contributed by atoms with Crippen molar-refractivity contribution in [2.45, 2.75) is 6.92 Å². The number of hydrogen-bond donors (Lipinski definition) is 3. The van der Waals surface area contributed by atoms with Crippen molar-refractivity contribution in [2.24, 2.45) is 12.8 Å². The Morgan fingerprint density at radius 1 is 1.05 bits per heavy atom. The SMILES string of the molecule is C=CC(=O)Nc1ccc(-c2c(-c3ccc(Oc4nccc(C)n4)c(OC)c3)c3c(N)ncc(C(N)=O)c3n2C)cc1. The Bertz CT molecular complexity index is 1830. The van der Waals surface area contributed by atoms with Crippen LogP contribution in [-0.4, -0.2) is 38.4 Å². The maximum Gasteiger partial charge on any atom is 0.322 e. The zero-order valence-corrected chi connectivity index (χ0v) is 22.6. The second-order valence-electron chi connectivity index (χ2n) is 9.15. The maximum absolute atomic E-state index is 12.4. The highest BCUT2D eigenvalue weighted by molar-refractivity contribution is 6.16. The van der Waals surface area contributed by atoms with Crippen molar-refractivity contribution >= 4 is 34.2 Å². The third kappa shape index (κ3) is 5.03. The molecule has 0 bridgehead atoms. The molecular weight excluding hydrogens is 522 g/mol. The van der Waals surface area contributed by atoms with Crippen molar-refractivity contribution in [2.75, 3.05) is 18.2 Å². The van der Waals surface area contributed by atoms with Crippen LogP contribution in [0.15, 0.2) is 73.6 Å². The molecule has 41 heavy (non-hydrogen) atoms. The number of carbonyl (C=O) groups is 2. The van der Waals surface area contributed by atoms with Crippen molar-refractivity contribution < 1.29 is 19.1 Å². The van der Waals surface area contributed by atoms with Crippen molar-refractivity contribution in [3.63, 3.8) is 0 Å². The number of aromatic nitrogens is 4. The maximum atomic E-state index is 12.4. The van der Waals surface area contributed by atoms with Crippen LogP contribution in [0.25, 0.3) is 33.3 Å². The van der Waals surface area contributed by atoms with E-state index < -0.39 is 5.91 Å². The Morgan fingerprint density at radius 3 is 2.44 bits per heavy atom. The van der Waals surface area contributed by atoms with Crippen LogP contribution in [0.4, 0.5) is 11.5 Å². The third-order valence-electron chi connectivity index (χ3n) is 6.54. The average molecular weight is 550 g/mol. The Hall–Kier alpha value is -5.71. The Labute approximate surface area is 235 Å². The average Bonchev–Trinajstić information content (AvgIpc) is 3.27. The molecule has 3 heterocycles. The summed E-state index contributed by atoms with van der Waals surface area (Å²) in [5.41, 5.74) is 17.2. The minimum absolute atomic E-state index is 0.185. The molecule has 5 aromatic rings. The molecule has 0 unspecified atom stereocenters. The molecular formula is C30H27N7O4. The van der Waals surface area contributed by atoms with Gasteiger partial charge in [0, 0.05) is 36.4 Å². The molecule has 0 atom stereocenters. The van der Waals surface area contributed by atoms with E-state index in [1.807, 2.05) is 36.7 Å². The molecule has 2 aromatic carbocycles. The molecule has 2 amide bonds. The number of rotatable bonds is 8. The van der Waals surface area contributed by atoms with Gasteiger partial charge in [-0.05, 0) is 54.5 Å². The van der Waals surface area contributed by atoms with Gasteiger partial charge in [0.1, 0.15) is 5.82 Å². The van der Waals surface area contributed by atoms with Crippen molar-refractivity contribution in [1.82, 2.24) is 19.5 Å². The van der Waals surface area contributed by atoms with Gasteiger partial charge in [0.15, 0.2) is 11.5 Å². The van der Waals surface area contributed by atoms with E-state index in [1.165, 1.54) is 19.4 Å². The first kappa shape index (κ1) is 26.9. The van der Waals surface area contributed by atoms with Crippen LogP contribution in [0.5, 0.6) is 17.5 Å². The summed E-state index contributed by atoms with van der Waals surface area (Å²) in [6, 6.07) is 14.6. The van der Waals surface area contributed by atoms with E-state index in [1.54, 1.807) is 36.5 Å². The molecule has 3 aromatic heterocycles. The van der Waals surface area contributed by atoms with Crippen molar-refractivity contribution in [3.8, 4) is 39.9 Å². The van der Waals surface area contributed by atoms with Crippen LogP contribution in [-0.2, 0) is 11.8 Å². The first-order valence-electron chi connectivity index (χ1n) is 12.5. The fraction of sp³-hybridized carbons (Fsp3) is 0.100. The number of pyridine rings is 1. The molecule has 0 spiro atoms. The van der Waals surface area contributed by atoms with Gasteiger partial charge in [0.25, 0.3) is 5.91 Å². The fourth-order valence-corrected chi connectivity index (χ4v) is 4.69. The van der Waals surface area contributed by atoms with Crippen LogP contribution in [0, 0.1) is 6.92 Å². The van der Waals surface area contributed by atoms with Gasteiger partial charge in [-0.25, -0.2) is 15.0 Å². The molecule has 0 fully saturated rings. The quantitative estimate of drug-likeness (QED) is 0.237. The van der Waals surface area contributed by atoms with Gasteiger partial charge >= 0.3 is 6.01 Å². The normalized spacial score (nSPS) is 10.8. The van der Waals surface area contributed by atoms with E-state index in [0.717, 1.165) is 22.5 Å². The first-order chi connectivity index (χ1) is 19.7. The monoisotopic (exact) mass is 549 g/mol. The summed E-state index contributed by atoms with van der Waals surface area (Å²) >= 11 is 0. The number of methoxy groups -OCH3 is 1. The standard InChI is InChI=1S/C30H27N7O4/c1-5-23(38)36-19-9-6-17(7-10-19)26-24(25-27(37(26)3)20(29(32)39)15-34-28(25)31)18-8-11-21(22(14-18)40-4)41-30-33-13-12-16(2)35-30/h5-15H,1H2,2-4H3,(H2,31,34)(H2,32,39)(H,36,38). The predicted molar refractivity (Wildman–Crippen MR) is 157 cm³/mol. The molecule has 11 heteroatoms. The summed E-state index contributed by atoms with van der Waals surface area (Å²) in [4.78, 5) is 36.9. The molecule has 206 valence electrons. The molecule has 5 rings (SSSR count). The van der Waals surface area contributed by atoms with Crippen molar-refractivity contribution in [3.05, 3.63) is 84.8 Å². The van der Waals surface area contributed by atoms with E-state index in [9.17, 15) is 9.59 Å². The highest BCUT2D eigenvalue weighted by Crippen LogP contribution is 2.45. The summed E-state index contributed by atoms with van der Waals surface area (Å²) in [5.74, 6) is 0.108. The molecule has 0 aliphatic heterocycles. The number of amides is 2. The zero-order valence-electron chi connectivity index (χ0n) is 22.6. The van der Waals surface area contributed by atoms with Crippen LogP contribution in [0.1, 0.15) is 16.1 Å². The second kappa shape index (κ2) is 10.8. The number of nitrogen functional groups attached to an aromatic ring is 1. The van der Waals surface area contributed by atoms with Crippen LogP contribution in [0.2, 0.25) is 0 Å². The Kier molecular flexibility index (Phi) is 7.09. The lowest BCUT2D eigenvalue weighted by atomic mass is 9.97. The predicted octanol–water partition coefficient (Wildman–Crippen LogP) is 4.61. The highest BCUT2D eigenvalue weighted by Gasteiger charge is 2.25. The lowest BCUT2D eigenvalue weighted by molar-refractivity contribution is -0.111. The summed E-state index contributed by atoms with van der Waals surface area (Å²) < 4.78 is 13.4. The molecule has 0 radical (unpaired) electrons. The highest BCUT2D eigenvalue weighted by atomic mass is 16.5. The van der Waals surface area contributed by atoms with Crippen LogP contribution >= 0.6 is 0 Å². The zero-order chi connectivity index (χ0) is 29.3. The van der Waals surface area contributed by atoms with Crippen molar-refractivity contribution in [1.29, 1.82) is 0 Å². The van der Waals surface area contributed by atoms with Gasteiger partial charge in [-0.1, -0.05) is 24.8 Å². The van der Waals surface area contributed by atoms with Gasteiger partial charge in [0.2, 0.25) is 5.91 Å². The summed E-state index contributed by atoms with van der Waals surface area (Å²) in [6.07, 6.45) is 4.19. The van der Waals surface area contributed by atoms with Crippen LogP contribution in [0.3, 0.4) is 0 Å². The number of hydrogen-bond acceptors (Lipinski definition) is 8. The van der Waals surface area contributed by atoms with Gasteiger partial charge < -0.3 is 30.8 Å². The summed E-state index contributed by atoms with van der Waals surface area (Å²) in [5, 5.41) is 3.30. The molecule has 0 saturated heterocycles. The number of primary amides is 1. The largest absolute Gasteiger partial charge is 0.493 e. The number of carbonyl (C=O) groups excluding carboxylic acids is 2. The fourth-order valence-electron chi connectivity index (χ4n) is 4.69. The van der Waals surface area contributed by atoms with E-state index in [2.05, 4.69) is 26.8 Å². The minimum Gasteiger partial charge on any atom is -0.493 e. The number of anilines is 2. The smallest absolute Gasteiger partial charge is 0.322 e. The molecule has 11 nitrogen and oxygen atoms in total. The number of nitrogens with one attached hydrogen (secondary N) is 1. The second-order valence-corrected chi connectivity index (χ2v) is 9.15. The van der Waals surface area contributed by atoms with E-state index >= 15 is 0 Å². The van der Waals surface area contributed by atoms with Crippen LogP contribution < -0.4 is 26.3 Å². The number of benzene rings is 2. The lowest BCUT2D eigenvalue weighted by Crippen LogP contribution is -2.13. The van der Waals surface area contributed by atoms with Gasteiger partial charge in [-0.2, -0.15) is 0 Å². The number of nitrogens with two attached hydrogens (primary N) is 2. The molecule has 0 aliphatic carbocycles. The topological polar surface area (TPSA) is 160 Å². The summed E-state index contributed by atoms with van der Waals surface area (Å²) in [6.45, 7) is 5.33. The number of ether oxygens (including phenoxy) is 2. The lowest BCUT2D eigenvalue weighted by Gasteiger charge is -2.13. The third-order valence-corrected chi connectivity index (χ3v) is 6.54. The Morgan fingerprint density at radius 2 is 1.78 bits per heavy atom.